The van der Waals surface area contributed by atoms with E-state index in [4.69, 9.17) is 0 Å². The average Bonchev–Trinajstić information content (AvgIpc) is 2.48. The fourth-order valence-corrected chi connectivity index (χ4v) is 3.32. The van der Waals surface area contributed by atoms with Crippen LogP contribution in [-0.2, 0) is 13.0 Å². The Morgan fingerprint density at radius 3 is 2.46 bits per heavy atom. The third-order valence-corrected chi connectivity index (χ3v) is 4.33. The molecule has 2 rings (SSSR count). The van der Waals surface area contributed by atoms with Crippen LogP contribution in [0.15, 0.2) is 24.3 Å². The Labute approximate surface area is 147 Å². The fraction of sp³-hybridized carbons (Fsp3) is 0.650. The third-order valence-electron chi connectivity index (χ3n) is 4.33. The molecule has 4 heteroatoms. The van der Waals surface area contributed by atoms with Gasteiger partial charge in [-0.15, -0.1) is 0 Å². The molecule has 2 amide bonds. The summed E-state index contributed by atoms with van der Waals surface area (Å²) in [4.78, 5) is 14.3. The maximum atomic E-state index is 11.9. The molecule has 24 heavy (non-hydrogen) atoms. The molecule has 1 unspecified atom stereocenters. The summed E-state index contributed by atoms with van der Waals surface area (Å²) in [5.74, 6) is 0.696. The summed E-state index contributed by atoms with van der Waals surface area (Å²) >= 11 is 0. The van der Waals surface area contributed by atoms with Crippen molar-refractivity contribution in [2.75, 3.05) is 13.1 Å². The van der Waals surface area contributed by atoms with Gasteiger partial charge >= 0.3 is 6.03 Å². The molecular weight excluding hydrogens is 298 g/mol. The standard InChI is InChI=1S/C20H33N3O/c1-15(2)12-17-7-9-18(10-8-17)13-23-11-5-6-19(14-23)22-20(24)21-16(3)4/h7-10,15-16,19H,5-6,11-14H2,1-4H3,(H2,21,22,24). The van der Waals surface area contributed by atoms with Crippen molar-refractivity contribution in [1.82, 2.24) is 15.5 Å². The van der Waals surface area contributed by atoms with E-state index < -0.39 is 0 Å². The van der Waals surface area contributed by atoms with Gasteiger partial charge in [0.2, 0.25) is 0 Å². The number of nitrogens with zero attached hydrogens (tertiary/aromatic N) is 1. The van der Waals surface area contributed by atoms with Gasteiger partial charge in [0, 0.05) is 25.2 Å². The van der Waals surface area contributed by atoms with Gasteiger partial charge in [-0.3, -0.25) is 4.90 Å². The van der Waals surface area contributed by atoms with Gasteiger partial charge in [0.15, 0.2) is 0 Å². The van der Waals surface area contributed by atoms with Gasteiger partial charge < -0.3 is 10.6 Å². The minimum atomic E-state index is -0.0464. The van der Waals surface area contributed by atoms with E-state index in [1.54, 1.807) is 0 Å². The minimum absolute atomic E-state index is 0.0464. The van der Waals surface area contributed by atoms with E-state index in [2.05, 4.69) is 53.6 Å². The molecule has 1 aromatic rings. The number of nitrogens with one attached hydrogen (secondary N) is 2. The zero-order chi connectivity index (χ0) is 17.5. The lowest BCUT2D eigenvalue weighted by molar-refractivity contribution is 0.179. The van der Waals surface area contributed by atoms with Crippen molar-refractivity contribution in [3.63, 3.8) is 0 Å². The van der Waals surface area contributed by atoms with Crippen LogP contribution in [-0.4, -0.2) is 36.1 Å². The summed E-state index contributed by atoms with van der Waals surface area (Å²) in [6.07, 6.45) is 3.34. The number of benzene rings is 1. The molecule has 1 aliphatic heterocycles. The number of rotatable bonds is 6. The quantitative estimate of drug-likeness (QED) is 0.837. The Bertz CT molecular complexity index is 510. The van der Waals surface area contributed by atoms with Crippen LogP contribution >= 0.6 is 0 Å². The summed E-state index contributed by atoms with van der Waals surface area (Å²) in [7, 11) is 0. The van der Waals surface area contributed by atoms with E-state index in [1.165, 1.54) is 11.1 Å². The topological polar surface area (TPSA) is 44.4 Å². The molecule has 1 heterocycles. The Hall–Kier alpha value is -1.55. The number of carbonyl (C=O) groups is 1. The van der Waals surface area contributed by atoms with Crippen LogP contribution < -0.4 is 10.6 Å². The fourth-order valence-electron chi connectivity index (χ4n) is 3.32. The number of carbonyl (C=O) groups excluding carboxylic acids is 1. The zero-order valence-corrected chi connectivity index (χ0v) is 15.6. The van der Waals surface area contributed by atoms with Crippen LogP contribution in [0.4, 0.5) is 4.79 Å². The molecule has 4 nitrogen and oxygen atoms in total. The van der Waals surface area contributed by atoms with Crippen molar-refractivity contribution in [2.24, 2.45) is 5.92 Å². The molecule has 0 aliphatic carbocycles. The molecule has 1 atom stereocenters. The van der Waals surface area contributed by atoms with Crippen molar-refractivity contribution in [3.8, 4) is 0 Å². The molecule has 1 aromatic carbocycles. The van der Waals surface area contributed by atoms with Gasteiger partial charge in [-0.05, 0) is 56.7 Å². The number of hydrogen-bond acceptors (Lipinski definition) is 2. The number of hydrogen-bond donors (Lipinski definition) is 2. The summed E-state index contributed by atoms with van der Waals surface area (Å²) in [5.41, 5.74) is 2.77. The molecule has 0 bridgehead atoms. The number of amides is 2. The predicted octanol–water partition coefficient (Wildman–Crippen LogP) is 3.56. The van der Waals surface area contributed by atoms with Crippen molar-refractivity contribution in [3.05, 3.63) is 35.4 Å². The summed E-state index contributed by atoms with van der Waals surface area (Å²) < 4.78 is 0. The van der Waals surface area contributed by atoms with Gasteiger partial charge in [-0.2, -0.15) is 0 Å². The molecule has 0 saturated carbocycles. The van der Waals surface area contributed by atoms with Gasteiger partial charge in [-0.1, -0.05) is 38.1 Å². The van der Waals surface area contributed by atoms with Crippen LogP contribution in [0, 0.1) is 5.92 Å². The van der Waals surface area contributed by atoms with Crippen LogP contribution in [0.25, 0.3) is 0 Å². The smallest absolute Gasteiger partial charge is 0.315 e. The highest BCUT2D eigenvalue weighted by atomic mass is 16.2. The molecule has 0 spiro atoms. The average molecular weight is 332 g/mol. The monoisotopic (exact) mass is 331 g/mol. The second kappa shape index (κ2) is 9.07. The maximum Gasteiger partial charge on any atom is 0.315 e. The largest absolute Gasteiger partial charge is 0.336 e. The van der Waals surface area contributed by atoms with Gasteiger partial charge in [-0.25, -0.2) is 4.79 Å². The Morgan fingerprint density at radius 2 is 1.83 bits per heavy atom. The third kappa shape index (κ3) is 6.52. The summed E-state index contributed by atoms with van der Waals surface area (Å²) in [5, 5.41) is 6.01. The molecule has 134 valence electrons. The summed E-state index contributed by atoms with van der Waals surface area (Å²) in [6.45, 7) is 11.5. The van der Waals surface area contributed by atoms with E-state index in [9.17, 15) is 4.79 Å². The number of urea groups is 1. The molecular formula is C20H33N3O. The van der Waals surface area contributed by atoms with E-state index in [0.717, 1.165) is 38.9 Å². The lowest BCUT2D eigenvalue weighted by Gasteiger charge is -2.33. The molecule has 2 N–H and O–H groups in total. The molecule has 1 aliphatic rings. The van der Waals surface area contributed by atoms with Gasteiger partial charge in [0.25, 0.3) is 0 Å². The lowest BCUT2D eigenvalue weighted by atomic mass is 10.0. The SMILES string of the molecule is CC(C)Cc1ccc(CN2CCCC(NC(=O)NC(C)C)C2)cc1. The number of piperidine rings is 1. The maximum absolute atomic E-state index is 11.9. The van der Waals surface area contributed by atoms with E-state index in [0.29, 0.717) is 5.92 Å². The van der Waals surface area contributed by atoms with Gasteiger partial charge in [0.1, 0.15) is 0 Å². The van der Waals surface area contributed by atoms with E-state index >= 15 is 0 Å². The van der Waals surface area contributed by atoms with Gasteiger partial charge in [0.05, 0.1) is 0 Å². The molecule has 1 saturated heterocycles. The second-order valence-electron chi connectivity index (χ2n) is 7.76. The number of likely N-dealkylation sites (tertiary alicyclic amines) is 1. The second-order valence-corrected chi connectivity index (χ2v) is 7.76. The highest BCUT2D eigenvalue weighted by Gasteiger charge is 2.21. The van der Waals surface area contributed by atoms with Crippen LogP contribution in [0.2, 0.25) is 0 Å². The first-order valence-corrected chi connectivity index (χ1v) is 9.29. The lowest BCUT2D eigenvalue weighted by Crippen LogP contribution is -2.51. The first kappa shape index (κ1) is 18.8. The summed E-state index contributed by atoms with van der Waals surface area (Å²) in [6, 6.07) is 9.39. The Morgan fingerprint density at radius 1 is 1.17 bits per heavy atom. The highest BCUT2D eigenvalue weighted by molar-refractivity contribution is 5.74. The zero-order valence-electron chi connectivity index (χ0n) is 15.6. The molecule has 0 radical (unpaired) electrons. The van der Waals surface area contributed by atoms with Crippen molar-refractivity contribution < 1.29 is 4.79 Å². The normalized spacial score (nSPS) is 18.8. The first-order chi connectivity index (χ1) is 11.4. The van der Waals surface area contributed by atoms with E-state index in [1.807, 2.05) is 13.8 Å². The minimum Gasteiger partial charge on any atom is -0.336 e. The van der Waals surface area contributed by atoms with Crippen LogP contribution in [0.3, 0.4) is 0 Å². The highest BCUT2D eigenvalue weighted by Crippen LogP contribution is 2.15. The molecule has 1 fully saturated rings. The van der Waals surface area contributed by atoms with E-state index in [-0.39, 0.29) is 18.1 Å². The van der Waals surface area contributed by atoms with Crippen molar-refractivity contribution >= 4 is 6.03 Å². The Balaban J connectivity index is 1.83. The van der Waals surface area contributed by atoms with Crippen molar-refractivity contribution in [2.45, 2.75) is 65.6 Å². The van der Waals surface area contributed by atoms with Crippen LogP contribution in [0.1, 0.15) is 51.7 Å². The predicted molar refractivity (Wildman–Crippen MR) is 100 cm³/mol. The first-order valence-electron chi connectivity index (χ1n) is 9.29. The van der Waals surface area contributed by atoms with Crippen molar-refractivity contribution in [1.29, 1.82) is 0 Å². The Kier molecular flexibility index (Phi) is 7.10. The van der Waals surface area contributed by atoms with Crippen LogP contribution in [0.5, 0.6) is 0 Å². The molecule has 0 aromatic heterocycles.